The van der Waals surface area contributed by atoms with Crippen LogP contribution in [-0.2, 0) is 0 Å². The molecule has 0 unspecified atom stereocenters. The Bertz CT molecular complexity index is 405. The van der Waals surface area contributed by atoms with Crippen molar-refractivity contribution in [3.63, 3.8) is 0 Å². The van der Waals surface area contributed by atoms with Gasteiger partial charge in [-0.2, -0.15) is 5.10 Å². The average Bonchev–Trinajstić information content (AvgIpc) is 2.66. The van der Waals surface area contributed by atoms with Gasteiger partial charge in [0, 0.05) is 12.1 Å². The molecule has 1 aromatic heterocycles. The van der Waals surface area contributed by atoms with Crippen LogP contribution in [0.15, 0.2) is 16.7 Å². The largest absolute Gasteiger partial charge is 0.314 e. The molecule has 1 rings (SSSR count). The molecule has 0 spiro atoms. The fourth-order valence-corrected chi connectivity index (χ4v) is 2.45. The van der Waals surface area contributed by atoms with Gasteiger partial charge in [0.15, 0.2) is 0 Å². The van der Waals surface area contributed by atoms with Crippen LogP contribution in [0, 0.1) is 0 Å². The normalized spacial score (nSPS) is 12.8. The van der Waals surface area contributed by atoms with Crippen LogP contribution < -0.4 is 5.32 Å². The van der Waals surface area contributed by atoms with Crippen LogP contribution >= 0.6 is 15.9 Å². The molecule has 0 aliphatic heterocycles. The minimum Gasteiger partial charge on any atom is -0.314 e. The highest BCUT2D eigenvalue weighted by Crippen LogP contribution is 2.26. The molecule has 0 aromatic carbocycles. The molecule has 4 heteroatoms. The third-order valence-corrected chi connectivity index (χ3v) is 3.34. The molecule has 102 valence electrons. The first-order valence-electron chi connectivity index (χ1n) is 6.57. The topological polar surface area (TPSA) is 29.9 Å². The monoisotopic (exact) mass is 313 g/mol. The Morgan fingerprint density at radius 2 is 2.11 bits per heavy atom. The van der Waals surface area contributed by atoms with Gasteiger partial charge >= 0.3 is 0 Å². The van der Waals surface area contributed by atoms with Gasteiger partial charge in [-0.25, -0.2) is 0 Å². The van der Waals surface area contributed by atoms with E-state index in [1.165, 1.54) is 11.3 Å². The third-order valence-electron chi connectivity index (χ3n) is 2.76. The lowest BCUT2D eigenvalue weighted by molar-refractivity contribution is 0.526. The average molecular weight is 314 g/mol. The summed E-state index contributed by atoms with van der Waals surface area (Å²) in [4.78, 5) is 0. The van der Waals surface area contributed by atoms with Gasteiger partial charge < -0.3 is 5.32 Å². The summed E-state index contributed by atoms with van der Waals surface area (Å²) in [6.45, 7) is 11.8. The number of hydrogen-bond donors (Lipinski definition) is 1. The Balaban J connectivity index is 2.73. The number of hydrogen-bond acceptors (Lipinski definition) is 2. The number of aromatic nitrogens is 2. The minimum absolute atomic E-state index is 0.378. The number of rotatable bonds is 6. The molecule has 0 saturated carbocycles. The fourth-order valence-electron chi connectivity index (χ4n) is 1.86. The molecular weight excluding hydrogens is 290 g/mol. The Kier molecular flexibility index (Phi) is 6.09. The quantitative estimate of drug-likeness (QED) is 0.804. The molecule has 0 amide bonds. The highest BCUT2D eigenvalue weighted by atomic mass is 79.9. The summed E-state index contributed by atoms with van der Waals surface area (Å²) in [7, 11) is 0. The summed E-state index contributed by atoms with van der Waals surface area (Å²) in [5, 5.41) is 7.83. The van der Waals surface area contributed by atoms with Gasteiger partial charge in [0.25, 0.3) is 0 Å². The summed E-state index contributed by atoms with van der Waals surface area (Å²) in [5.41, 5.74) is 2.47. The maximum Gasteiger partial charge on any atom is 0.0781 e. The van der Waals surface area contributed by atoms with Crippen molar-refractivity contribution in [2.75, 3.05) is 6.54 Å². The summed E-state index contributed by atoms with van der Waals surface area (Å²) in [6, 6.07) is 0.926. The van der Waals surface area contributed by atoms with E-state index in [-0.39, 0.29) is 0 Å². The lowest BCUT2D eigenvalue weighted by Crippen LogP contribution is -2.23. The van der Waals surface area contributed by atoms with E-state index in [1.54, 1.807) is 0 Å². The van der Waals surface area contributed by atoms with Crippen LogP contribution in [0.5, 0.6) is 0 Å². The van der Waals surface area contributed by atoms with E-state index >= 15 is 0 Å². The highest BCUT2D eigenvalue weighted by Gasteiger charge is 2.12. The molecule has 0 aliphatic carbocycles. The van der Waals surface area contributed by atoms with E-state index in [0.29, 0.717) is 12.1 Å². The first kappa shape index (κ1) is 15.4. The predicted octanol–water partition coefficient (Wildman–Crippen LogP) is 4.02. The van der Waals surface area contributed by atoms with Gasteiger partial charge in [0.1, 0.15) is 0 Å². The molecule has 0 aliphatic rings. The molecule has 1 heterocycles. The predicted molar refractivity (Wildman–Crippen MR) is 81.7 cm³/mol. The van der Waals surface area contributed by atoms with E-state index in [0.717, 1.165) is 17.4 Å². The summed E-state index contributed by atoms with van der Waals surface area (Å²) in [6.07, 6.45) is 5.19. The van der Waals surface area contributed by atoms with Crippen molar-refractivity contribution >= 4 is 21.5 Å². The van der Waals surface area contributed by atoms with Crippen molar-refractivity contribution in [3.05, 3.63) is 22.4 Å². The first-order valence-corrected chi connectivity index (χ1v) is 7.36. The van der Waals surface area contributed by atoms with Gasteiger partial charge in [0.2, 0.25) is 0 Å². The van der Waals surface area contributed by atoms with Gasteiger partial charge in [-0.05, 0) is 55.2 Å². The highest BCUT2D eigenvalue weighted by molar-refractivity contribution is 9.10. The maximum absolute atomic E-state index is 4.41. The number of nitrogens with one attached hydrogen (secondary N) is 1. The smallest absolute Gasteiger partial charge is 0.0781 e. The van der Waals surface area contributed by atoms with E-state index in [2.05, 4.69) is 71.7 Å². The lowest BCUT2D eigenvalue weighted by Gasteiger charge is -2.12. The second-order valence-corrected chi connectivity index (χ2v) is 6.02. The zero-order valence-electron chi connectivity index (χ0n) is 12.0. The van der Waals surface area contributed by atoms with Crippen molar-refractivity contribution in [2.24, 2.45) is 0 Å². The van der Waals surface area contributed by atoms with Crippen molar-refractivity contribution in [3.8, 4) is 0 Å². The molecule has 0 atom stereocenters. The standard InChI is InChI=1S/C14H24BrN3/c1-10(2)16-8-6-7-12(5)14-13(15)9-17-18(14)11(3)4/h7,9-11,16H,6,8H2,1-5H3/b12-7-. The van der Waals surface area contributed by atoms with Crippen LogP contribution in [-0.4, -0.2) is 22.4 Å². The summed E-state index contributed by atoms with van der Waals surface area (Å²) in [5.74, 6) is 0. The van der Waals surface area contributed by atoms with Crippen LogP contribution in [0.3, 0.4) is 0 Å². The van der Waals surface area contributed by atoms with Crippen molar-refractivity contribution in [2.45, 2.75) is 53.1 Å². The number of nitrogens with zero attached hydrogens (tertiary/aromatic N) is 2. The molecule has 0 radical (unpaired) electrons. The molecule has 3 nitrogen and oxygen atoms in total. The van der Waals surface area contributed by atoms with Gasteiger partial charge in [-0.3, -0.25) is 4.68 Å². The number of allylic oxidation sites excluding steroid dienone is 1. The van der Waals surface area contributed by atoms with Crippen LogP contribution in [0.4, 0.5) is 0 Å². The van der Waals surface area contributed by atoms with Gasteiger partial charge in [0.05, 0.1) is 16.4 Å². The van der Waals surface area contributed by atoms with Crippen LogP contribution in [0.1, 0.15) is 52.8 Å². The van der Waals surface area contributed by atoms with Crippen LogP contribution in [0.2, 0.25) is 0 Å². The second-order valence-electron chi connectivity index (χ2n) is 5.16. The Morgan fingerprint density at radius 1 is 1.44 bits per heavy atom. The number of halogens is 1. The zero-order chi connectivity index (χ0) is 13.7. The molecular formula is C14H24BrN3. The molecule has 1 N–H and O–H groups in total. The molecule has 0 saturated heterocycles. The Morgan fingerprint density at radius 3 is 2.67 bits per heavy atom. The Labute approximate surface area is 119 Å². The second kappa shape index (κ2) is 7.10. The third kappa shape index (κ3) is 4.25. The van der Waals surface area contributed by atoms with E-state index in [4.69, 9.17) is 0 Å². The Hall–Kier alpha value is -0.610. The van der Waals surface area contributed by atoms with Crippen molar-refractivity contribution in [1.29, 1.82) is 0 Å². The molecule has 0 bridgehead atoms. The molecule has 0 fully saturated rings. The van der Waals surface area contributed by atoms with Crippen LogP contribution in [0.25, 0.3) is 5.57 Å². The maximum atomic E-state index is 4.41. The SMILES string of the molecule is C/C(=C/CCNC(C)C)c1c(Br)cnn1C(C)C. The van der Waals surface area contributed by atoms with E-state index in [9.17, 15) is 0 Å². The van der Waals surface area contributed by atoms with Gasteiger partial charge in [-0.15, -0.1) is 0 Å². The fraction of sp³-hybridized carbons (Fsp3) is 0.643. The van der Waals surface area contributed by atoms with E-state index in [1.807, 2.05) is 6.20 Å². The molecule has 18 heavy (non-hydrogen) atoms. The minimum atomic E-state index is 0.378. The van der Waals surface area contributed by atoms with E-state index < -0.39 is 0 Å². The zero-order valence-corrected chi connectivity index (χ0v) is 13.6. The lowest BCUT2D eigenvalue weighted by atomic mass is 10.1. The first-order chi connectivity index (χ1) is 8.43. The summed E-state index contributed by atoms with van der Waals surface area (Å²) < 4.78 is 3.13. The summed E-state index contributed by atoms with van der Waals surface area (Å²) >= 11 is 3.58. The van der Waals surface area contributed by atoms with Crippen molar-refractivity contribution in [1.82, 2.24) is 15.1 Å². The van der Waals surface area contributed by atoms with Crippen molar-refractivity contribution < 1.29 is 0 Å². The molecule has 1 aromatic rings. The van der Waals surface area contributed by atoms with Gasteiger partial charge in [-0.1, -0.05) is 19.9 Å².